The highest BCUT2D eigenvalue weighted by molar-refractivity contribution is 5.79. The molecule has 1 N–H and O–H groups in total. The molecule has 26 heavy (non-hydrogen) atoms. The molecule has 5 heteroatoms. The zero-order valence-corrected chi connectivity index (χ0v) is 16.8. The number of hydrogen-bond acceptors (Lipinski definition) is 2. The summed E-state index contributed by atoms with van der Waals surface area (Å²) in [7, 11) is 6.00. The van der Waals surface area contributed by atoms with E-state index in [0.29, 0.717) is 6.04 Å². The van der Waals surface area contributed by atoms with Crippen molar-refractivity contribution in [2.24, 2.45) is 12.0 Å². The van der Waals surface area contributed by atoms with Crippen LogP contribution in [0.2, 0.25) is 0 Å². The van der Waals surface area contributed by atoms with E-state index in [1.165, 1.54) is 11.3 Å². The number of aromatic nitrogens is 1. The van der Waals surface area contributed by atoms with Crippen LogP contribution >= 0.6 is 0 Å². The fourth-order valence-electron chi connectivity index (χ4n) is 3.35. The number of benzene rings is 1. The summed E-state index contributed by atoms with van der Waals surface area (Å²) in [6.45, 7) is 8.14. The molecule has 0 amide bonds. The van der Waals surface area contributed by atoms with Crippen molar-refractivity contribution >= 4 is 5.96 Å². The van der Waals surface area contributed by atoms with Gasteiger partial charge in [-0.15, -0.1) is 0 Å². The Labute approximate surface area is 158 Å². The predicted octanol–water partition coefficient (Wildman–Crippen LogP) is 3.12. The zero-order valence-electron chi connectivity index (χ0n) is 16.8. The van der Waals surface area contributed by atoms with E-state index in [9.17, 15) is 0 Å². The highest BCUT2D eigenvalue weighted by atomic mass is 15.3. The van der Waals surface area contributed by atoms with Crippen LogP contribution in [0, 0.1) is 0 Å². The molecule has 1 aromatic carbocycles. The fraction of sp³-hybridized carbons (Fsp3) is 0.476. The highest BCUT2D eigenvalue weighted by Gasteiger charge is 2.19. The molecule has 1 atom stereocenters. The van der Waals surface area contributed by atoms with E-state index < -0.39 is 0 Å². The maximum Gasteiger partial charge on any atom is 0.193 e. The molecule has 0 saturated heterocycles. The van der Waals surface area contributed by atoms with Gasteiger partial charge in [0.1, 0.15) is 0 Å². The van der Waals surface area contributed by atoms with Crippen LogP contribution in [-0.4, -0.2) is 54.1 Å². The van der Waals surface area contributed by atoms with Crippen LogP contribution in [0.25, 0.3) is 0 Å². The van der Waals surface area contributed by atoms with Crippen LogP contribution in [0.3, 0.4) is 0 Å². The summed E-state index contributed by atoms with van der Waals surface area (Å²) >= 11 is 0. The molecule has 2 rings (SSSR count). The van der Waals surface area contributed by atoms with E-state index >= 15 is 0 Å². The third-order valence-corrected chi connectivity index (χ3v) is 4.91. The Morgan fingerprint density at radius 3 is 2.35 bits per heavy atom. The molecule has 1 unspecified atom stereocenters. The maximum atomic E-state index is 4.48. The summed E-state index contributed by atoms with van der Waals surface area (Å²) in [6, 6.07) is 15.3. The second kappa shape index (κ2) is 10.0. The smallest absolute Gasteiger partial charge is 0.193 e. The molecule has 1 aromatic heterocycles. The first-order chi connectivity index (χ1) is 12.6. The van der Waals surface area contributed by atoms with E-state index in [1.807, 2.05) is 7.05 Å². The van der Waals surface area contributed by atoms with E-state index in [4.69, 9.17) is 0 Å². The van der Waals surface area contributed by atoms with Crippen LogP contribution in [0.15, 0.2) is 53.7 Å². The summed E-state index contributed by atoms with van der Waals surface area (Å²) in [5.41, 5.74) is 2.60. The topological polar surface area (TPSA) is 35.8 Å². The fourth-order valence-corrected chi connectivity index (χ4v) is 3.35. The summed E-state index contributed by atoms with van der Waals surface area (Å²) in [5, 5.41) is 3.57. The molecule has 0 spiro atoms. The van der Waals surface area contributed by atoms with Crippen LogP contribution in [-0.2, 0) is 13.6 Å². The average Bonchev–Trinajstić information content (AvgIpc) is 3.06. The van der Waals surface area contributed by atoms with Gasteiger partial charge in [0.2, 0.25) is 0 Å². The van der Waals surface area contributed by atoms with Gasteiger partial charge in [-0.1, -0.05) is 44.2 Å². The Balaban J connectivity index is 2.06. The van der Waals surface area contributed by atoms with E-state index in [2.05, 4.69) is 101 Å². The zero-order chi connectivity index (χ0) is 18.9. The Kier molecular flexibility index (Phi) is 7.73. The molecule has 2 aromatic rings. The third kappa shape index (κ3) is 5.11. The van der Waals surface area contributed by atoms with Crippen LogP contribution < -0.4 is 5.32 Å². The van der Waals surface area contributed by atoms with Crippen molar-refractivity contribution in [3.8, 4) is 0 Å². The maximum absolute atomic E-state index is 4.48. The molecule has 0 radical (unpaired) electrons. The van der Waals surface area contributed by atoms with Gasteiger partial charge < -0.3 is 14.8 Å². The molecular formula is C21H33N5. The Bertz CT molecular complexity index is 673. The minimum Gasteiger partial charge on any atom is -0.354 e. The minimum absolute atomic E-state index is 0.325. The lowest BCUT2D eigenvalue weighted by molar-refractivity contribution is 0.217. The molecule has 0 aliphatic heterocycles. The quantitative estimate of drug-likeness (QED) is 0.584. The monoisotopic (exact) mass is 355 g/mol. The first kappa shape index (κ1) is 20.0. The molecule has 0 saturated carbocycles. The van der Waals surface area contributed by atoms with Crippen LogP contribution in [0.1, 0.15) is 31.1 Å². The lowest BCUT2D eigenvalue weighted by Gasteiger charge is -2.32. The van der Waals surface area contributed by atoms with Crippen LogP contribution in [0.4, 0.5) is 0 Å². The van der Waals surface area contributed by atoms with Gasteiger partial charge in [-0.25, -0.2) is 0 Å². The first-order valence-corrected chi connectivity index (χ1v) is 9.41. The Morgan fingerprint density at radius 2 is 1.81 bits per heavy atom. The second-order valence-electron chi connectivity index (χ2n) is 6.54. The van der Waals surface area contributed by atoms with Crippen molar-refractivity contribution in [3.63, 3.8) is 0 Å². The molecule has 5 nitrogen and oxygen atoms in total. The van der Waals surface area contributed by atoms with E-state index in [0.717, 1.165) is 32.1 Å². The van der Waals surface area contributed by atoms with Crippen molar-refractivity contribution in [1.29, 1.82) is 0 Å². The van der Waals surface area contributed by atoms with Crippen molar-refractivity contribution in [1.82, 2.24) is 19.7 Å². The SMILES string of the molecule is CCN(CC)C(CNC(=NC)N(C)Cc1cccn1C)c1ccccc1. The number of rotatable bonds is 8. The Hall–Kier alpha value is -2.27. The normalized spacial score (nSPS) is 13.1. The number of nitrogens with one attached hydrogen (secondary N) is 1. The molecule has 0 aliphatic rings. The van der Waals surface area contributed by atoms with Crippen molar-refractivity contribution in [2.45, 2.75) is 26.4 Å². The van der Waals surface area contributed by atoms with Gasteiger partial charge in [0.05, 0.1) is 12.6 Å². The number of likely N-dealkylation sites (N-methyl/N-ethyl adjacent to an activating group) is 1. The van der Waals surface area contributed by atoms with Gasteiger partial charge in [0, 0.05) is 39.6 Å². The van der Waals surface area contributed by atoms with Gasteiger partial charge in [-0.3, -0.25) is 9.89 Å². The number of nitrogens with zero attached hydrogens (tertiary/aromatic N) is 4. The number of aliphatic imine (C=N–C) groups is 1. The van der Waals surface area contributed by atoms with Gasteiger partial charge in [-0.05, 0) is 30.8 Å². The number of aryl methyl sites for hydroxylation is 1. The second-order valence-corrected chi connectivity index (χ2v) is 6.54. The summed E-state index contributed by atoms with van der Waals surface area (Å²) in [5.74, 6) is 0.916. The summed E-state index contributed by atoms with van der Waals surface area (Å²) in [6.07, 6.45) is 2.07. The van der Waals surface area contributed by atoms with E-state index in [-0.39, 0.29) is 0 Å². The number of hydrogen-bond donors (Lipinski definition) is 1. The summed E-state index contributed by atoms with van der Waals surface area (Å²) < 4.78 is 2.15. The van der Waals surface area contributed by atoms with Gasteiger partial charge in [0.25, 0.3) is 0 Å². The third-order valence-electron chi connectivity index (χ3n) is 4.91. The lowest BCUT2D eigenvalue weighted by Crippen LogP contribution is -2.43. The van der Waals surface area contributed by atoms with Crippen molar-refractivity contribution in [3.05, 3.63) is 59.9 Å². The van der Waals surface area contributed by atoms with Crippen molar-refractivity contribution < 1.29 is 0 Å². The van der Waals surface area contributed by atoms with Crippen molar-refractivity contribution in [2.75, 3.05) is 33.7 Å². The van der Waals surface area contributed by atoms with Gasteiger partial charge >= 0.3 is 0 Å². The highest BCUT2D eigenvalue weighted by Crippen LogP contribution is 2.19. The largest absolute Gasteiger partial charge is 0.354 e. The lowest BCUT2D eigenvalue weighted by atomic mass is 10.1. The molecule has 0 bridgehead atoms. The first-order valence-electron chi connectivity index (χ1n) is 9.41. The van der Waals surface area contributed by atoms with Gasteiger partial charge in [0.15, 0.2) is 5.96 Å². The van der Waals surface area contributed by atoms with Gasteiger partial charge in [-0.2, -0.15) is 0 Å². The number of guanidine groups is 1. The molecule has 142 valence electrons. The minimum atomic E-state index is 0.325. The average molecular weight is 356 g/mol. The molecule has 0 aliphatic carbocycles. The van der Waals surface area contributed by atoms with Crippen LogP contribution in [0.5, 0.6) is 0 Å². The Morgan fingerprint density at radius 1 is 1.12 bits per heavy atom. The molecular weight excluding hydrogens is 322 g/mol. The standard InChI is InChI=1S/C21H33N5/c1-6-26(7-2)20(18-12-9-8-10-13-18)16-23-21(22-3)25(5)17-19-14-11-15-24(19)4/h8-15,20H,6-7,16-17H2,1-5H3,(H,22,23). The summed E-state index contributed by atoms with van der Waals surface area (Å²) in [4.78, 5) is 9.12. The molecule has 0 fully saturated rings. The van der Waals surface area contributed by atoms with E-state index in [1.54, 1.807) is 0 Å². The predicted molar refractivity (Wildman–Crippen MR) is 110 cm³/mol. The molecule has 1 heterocycles.